The minimum absolute atomic E-state index is 0.298. The van der Waals surface area contributed by atoms with E-state index in [0.717, 1.165) is 11.1 Å². The predicted octanol–water partition coefficient (Wildman–Crippen LogP) is 0.684. The molecule has 7 nitrogen and oxygen atoms in total. The van der Waals surface area contributed by atoms with E-state index >= 15 is 0 Å². The van der Waals surface area contributed by atoms with Gasteiger partial charge in [-0.3, -0.25) is 4.79 Å². The maximum atomic E-state index is 11.8. The van der Waals surface area contributed by atoms with Crippen molar-refractivity contribution >= 4 is 17.9 Å². The van der Waals surface area contributed by atoms with Gasteiger partial charge in [-0.1, -0.05) is 29.8 Å². The zero-order valence-corrected chi connectivity index (χ0v) is 11.9. The highest BCUT2D eigenvalue weighted by atomic mass is 16.4. The summed E-state index contributed by atoms with van der Waals surface area (Å²) in [5.41, 5.74) is 6.93. The molecule has 1 unspecified atom stereocenters. The van der Waals surface area contributed by atoms with Crippen molar-refractivity contribution in [3.8, 4) is 0 Å². The Morgan fingerprint density at radius 2 is 1.76 bits per heavy atom. The van der Waals surface area contributed by atoms with Gasteiger partial charge < -0.3 is 21.5 Å². The van der Waals surface area contributed by atoms with Crippen LogP contribution in [-0.2, 0) is 9.59 Å². The van der Waals surface area contributed by atoms with Crippen molar-refractivity contribution < 1.29 is 19.5 Å². The lowest BCUT2D eigenvalue weighted by atomic mass is 10.1. The SMILES string of the molecule is Cc1ccc(C(C)NC(=O)N[C@H](CC(N)=O)C(=O)O)cc1. The Morgan fingerprint density at radius 1 is 1.19 bits per heavy atom. The van der Waals surface area contributed by atoms with E-state index in [0.29, 0.717) is 0 Å². The van der Waals surface area contributed by atoms with Gasteiger partial charge in [0.2, 0.25) is 5.91 Å². The van der Waals surface area contributed by atoms with Gasteiger partial charge in [-0.2, -0.15) is 0 Å². The summed E-state index contributed by atoms with van der Waals surface area (Å²) < 4.78 is 0. The van der Waals surface area contributed by atoms with Crippen LogP contribution in [0.4, 0.5) is 4.79 Å². The number of benzene rings is 1. The number of primary amides is 1. The zero-order valence-electron chi connectivity index (χ0n) is 11.9. The molecule has 0 aliphatic rings. The Hall–Kier alpha value is -2.57. The summed E-state index contributed by atoms with van der Waals surface area (Å²) in [6.45, 7) is 3.73. The van der Waals surface area contributed by atoms with Gasteiger partial charge in [0.1, 0.15) is 6.04 Å². The van der Waals surface area contributed by atoms with Crippen molar-refractivity contribution in [1.29, 1.82) is 0 Å². The molecular weight excluding hydrogens is 274 g/mol. The van der Waals surface area contributed by atoms with Crippen LogP contribution in [0.1, 0.15) is 30.5 Å². The summed E-state index contributed by atoms with van der Waals surface area (Å²) in [6, 6.07) is 5.27. The van der Waals surface area contributed by atoms with Gasteiger partial charge in [0.15, 0.2) is 0 Å². The van der Waals surface area contributed by atoms with Crippen molar-refractivity contribution in [2.45, 2.75) is 32.4 Å². The highest BCUT2D eigenvalue weighted by Gasteiger charge is 2.22. The van der Waals surface area contributed by atoms with Gasteiger partial charge in [-0.25, -0.2) is 9.59 Å². The molecule has 1 aromatic carbocycles. The molecular formula is C14H19N3O4. The number of nitrogens with one attached hydrogen (secondary N) is 2. The molecule has 0 saturated carbocycles. The third-order valence-corrected chi connectivity index (χ3v) is 2.93. The molecule has 7 heteroatoms. The largest absolute Gasteiger partial charge is 0.480 e. The quantitative estimate of drug-likeness (QED) is 0.616. The van der Waals surface area contributed by atoms with Crippen molar-refractivity contribution in [3.63, 3.8) is 0 Å². The van der Waals surface area contributed by atoms with E-state index in [1.165, 1.54) is 0 Å². The highest BCUT2D eigenvalue weighted by molar-refractivity contribution is 5.87. The minimum Gasteiger partial charge on any atom is -0.480 e. The number of carbonyl (C=O) groups excluding carboxylic acids is 2. The van der Waals surface area contributed by atoms with Crippen LogP contribution in [0.15, 0.2) is 24.3 Å². The van der Waals surface area contributed by atoms with Crippen molar-refractivity contribution in [3.05, 3.63) is 35.4 Å². The number of amides is 3. The van der Waals surface area contributed by atoms with Gasteiger partial charge in [0.25, 0.3) is 0 Å². The molecule has 1 rings (SSSR count). The molecule has 0 aromatic heterocycles. The number of nitrogens with two attached hydrogens (primary N) is 1. The average molecular weight is 293 g/mol. The van der Waals surface area contributed by atoms with Crippen LogP contribution in [0.25, 0.3) is 0 Å². The van der Waals surface area contributed by atoms with Gasteiger partial charge >= 0.3 is 12.0 Å². The monoisotopic (exact) mass is 293 g/mol. The molecule has 1 aromatic rings. The number of aryl methyl sites for hydroxylation is 1. The number of carbonyl (C=O) groups is 3. The third kappa shape index (κ3) is 5.52. The fourth-order valence-corrected chi connectivity index (χ4v) is 1.74. The van der Waals surface area contributed by atoms with Gasteiger partial charge in [-0.05, 0) is 19.4 Å². The van der Waals surface area contributed by atoms with Crippen LogP contribution in [0, 0.1) is 6.92 Å². The third-order valence-electron chi connectivity index (χ3n) is 2.93. The topological polar surface area (TPSA) is 122 Å². The zero-order chi connectivity index (χ0) is 16.0. The van der Waals surface area contributed by atoms with E-state index in [2.05, 4.69) is 10.6 Å². The second-order valence-corrected chi connectivity index (χ2v) is 4.81. The Kier molecular flexibility index (Phi) is 5.71. The van der Waals surface area contributed by atoms with Crippen LogP contribution in [0.3, 0.4) is 0 Å². The second kappa shape index (κ2) is 7.28. The Balaban J connectivity index is 2.61. The van der Waals surface area contributed by atoms with Gasteiger partial charge in [-0.15, -0.1) is 0 Å². The smallest absolute Gasteiger partial charge is 0.326 e. The fraction of sp³-hybridized carbons (Fsp3) is 0.357. The normalized spacial score (nSPS) is 13.0. The number of carboxylic acids is 1. The minimum atomic E-state index is -1.34. The summed E-state index contributed by atoms with van der Waals surface area (Å²) in [7, 11) is 0. The summed E-state index contributed by atoms with van der Waals surface area (Å²) in [5.74, 6) is -2.11. The first-order valence-electron chi connectivity index (χ1n) is 6.44. The number of hydrogen-bond acceptors (Lipinski definition) is 3. The van der Waals surface area contributed by atoms with Crippen LogP contribution < -0.4 is 16.4 Å². The second-order valence-electron chi connectivity index (χ2n) is 4.81. The first kappa shape index (κ1) is 16.5. The van der Waals surface area contributed by atoms with E-state index in [1.807, 2.05) is 31.2 Å². The van der Waals surface area contributed by atoms with Crippen molar-refractivity contribution in [2.24, 2.45) is 5.73 Å². The van der Waals surface area contributed by atoms with Crippen LogP contribution in [0.5, 0.6) is 0 Å². The Morgan fingerprint density at radius 3 is 2.24 bits per heavy atom. The van der Waals surface area contributed by atoms with E-state index in [-0.39, 0.29) is 6.04 Å². The lowest BCUT2D eigenvalue weighted by Crippen LogP contribution is -2.48. The molecule has 0 aliphatic heterocycles. The molecule has 3 amide bonds. The van der Waals surface area contributed by atoms with Crippen LogP contribution >= 0.6 is 0 Å². The van der Waals surface area contributed by atoms with E-state index in [1.54, 1.807) is 6.92 Å². The summed E-state index contributed by atoms with van der Waals surface area (Å²) >= 11 is 0. The number of aliphatic carboxylic acids is 1. The molecule has 0 heterocycles. The highest BCUT2D eigenvalue weighted by Crippen LogP contribution is 2.12. The Bertz CT molecular complexity index is 528. The molecule has 21 heavy (non-hydrogen) atoms. The molecule has 0 bridgehead atoms. The van der Waals surface area contributed by atoms with Gasteiger partial charge in [0.05, 0.1) is 12.5 Å². The first-order valence-corrected chi connectivity index (χ1v) is 6.44. The lowest BCUT2D eigenvalue weighted by molar-refractivity contribution is -0.140. The number of carboxylic acid groups (broad SMARTS) is 1. The fourth-order valence-electron chi connectivity index (χ4n) is 1.74. The standard InChI is InChI=1S/C14H19N3O4/c1-8-3-5-10(6-4-8)9(2)16-14(21)17-11(13(19)20)7-12(15)18/h3-6,9,11H,7H2,1-2H3,(H2,15,18)(H,19,20)(H2,16,17,21)/t9?,11-/m1/s1. The molecule has 0 saturated heterocycles. The maximum absolute atomic E-state index is 11.8. The summed E-state index contributed by atoms with van der Waals surface area (Å²) in [5, 5.41) is 13.7. The number of hydrogen-bond donors (Lipinski definition) is 4. The molecule has 114 valence electrons. The predicted molar refractivity (Wildman–Crippen MR) is 76.5 cm³/mol. The van der Waals surface area contributed by atoms with Crippen LogP contribution in [-0.4, -0.2) is 29.1 Å². The summed E-state index contributed by atoms with van der Waals surface area (Å²) in [4.78, 5) is 33.4. The number of rotatable bonds is 6. The van der Waals surface area contributed by atoms with E-state index in [9.17, 15) is 14.4 Å². The molecule has 5 N–H and O–H groups in total. The summed E-state index contributed by atoms with van der Waals surface area (Å²) in [6.07, 6.45) is -0.457. The molecule has 0 fully saturated rings. The van der Waals surface area contributed by atoms with Gasteiger partial charge in [0, 0.05) is 0 Å². The molecule has 0 radical (unpaired) electrons. The first-order chi connectivity index (χ1) is 9.79. The van der Waals surface area contributed by atoms with Crippen LogP contribution in [0.2, 0.25) is 0 Å². The van der Waals surface area contributed by atoms with Crippen molar-refractivity contribution in [2.75, 3.05) is 0 Å². The van der Waals surface area contributed by atoms with E-state index < -0.39 is 30.4 Å². The van der Waals surface area contributed by atoms with Crippen molar-refractivity contribution in [1.82, 2.24) is 10.6 Å². The number of urea groups is 1. The average Bonchev–Trinajstić information content (AvgIpc) is 2.37. The lowest BCUT2D eigenvalue weighted by Gasteiger charge is -2.18. The maximum Gasteiger partial charge on any atom is 0.326 e. The van der Waals surface area contributed by atoms with E-state index in [4.69, 9.17) is 10.8 Å². The molecule has 0 spiro atoms. The molecule has 2 atom stereocenters. The molecule has 0 aliphatic carbocycles. The Labute approximate surface area is 122 Å².